The highest BCUT2D eigenvalue weighted by molar-refractivity contribution is 6.33. The van der Waals surface area contributed by atoms with Crippen LogP contribution < -0.4 is 5.32 Å². The minimum atomic E-state index is -0.482. The number of para-hydroxylation sites is 1. The van der Waals surface area contributed by atoms with Crippen LogP contribution in [0.25, 0.3) is 0 Å². The van der Waals surface area contributed by atoms with Crippen LogP contribution in [0.5, 0.6) is 0 Å². The van der Waals surface area contributed by atoms with E-state index in [1.807, 2.05) is 0 Å². The Labute approximate surface area is 102 Å². The summed E-state index contributed by atoms with van der Waals surface area (Å²) in [6, 6.07) is 4.52. The fraction of sp³-hybridized carbons (Fsp3) is 0.100. The maximum absolute atomic E-state index is 10.9. The lowest BCUT2D eigenvalue weighted by molar-refractivity contribution is -0.383. The van der Waals surface area contributed by atoms with Gasteiger partial charge in [0.15, 0.2) is 0 Å². The quantitative estimate of drug-likeness (QED) is 0.673. The van der Waals surface area contributed by atoms with Crippen molar-refractivity contribution in [2.75, 3.05) is 5.32 Å². The van der Waals surface area contributed by atoms with Gasteiger partial charge >= 0.3 is 0 Å². The van der Waals surface area contributed by atoms with Crippen molar-refractivity contribution >= 4 is 28.7 Å². The molecule has 0 bridgehead atoms. The molecule has 7 heteroatoms. The van der Waals surface area contributed by atoms with Gasteiger partial charge in [0.1, 0.15) is 5.69 Å². The van der Waals surface area contributed by atoms with Crippen molar-refractivity contribution in [2.45, 2.75) is 0 Å². The van der Waals surface area contributed by atoms with Crippen LogP contribution in [0.15, 0.2) is 30.6 Å². The number of nitro benzene ring substituents is 1. The maximum Gasteiger partial charge on any atom is 0.294 e. The van der Waals surface area contributed by atoms with Gasteiger partial charge in [-0.2, -0.15) is 5.10 Å². The molecule has 0 aliphatic heterocycles. The van der Waals surface area contributed by atoms with Crippen molar-refractivity contribution in [3.8, 4) is 0 Å². The van der Waals surface area contributed by atoms with Gasteiger partial charge in [-0.1, -0.05) is 17.7 Å². The Morgan fingerprint density at radius 3 is 2.88 bits per heavy atom. The van der Waals surface area contributed by atoms with E-state index in [0.717, 1.165) is 0 Å². The van der Waals surface area contributed by atoms with Crippen molar-refractivity contribution in [1.82, 2.24) is 9.78 Å². The van der Waals surface area contributed by atoms with Crippen LogP contribution in [0.2, 0.25) is 5.02 Å². The van der Waals surface area contributed by atoms with Gasteiger partial charge in [0.05, 0.1) is 21.8 Å². The number of nitrogens with zero attached hydrogens (tertiary/aromatic N) is 3. The normalized spacial score (nSPS) is 10.2. The lowest BCUT2D eigenvalue weighted by Crippen LogP contribution is -1.97. The van der Waals surface area contributed by atoms with Crippen LogP contribution in [0.1, 0.15) is 0 Å². The van der Waals surface area contributed by atoms with Crippen LogP contribution in [0, 0.1) is 10.1 Å². The van der Waals surface area contributed by atoms with Crippen LogP contribution in [-0.4, -0.2) is 14.7 Å². The molecule has 0 atom stereocenters. The van der Waals surface area contributed by atoms with Crippen LogP contribution in [0.3, 0.4) is 0 Å². The van der Waals surface area contributed by atoms with Gasteiger partial charge in [0, 0.05) is 19.3 Å². The summed E-state index contributed by atoms with van der Waals surface area (Å²) in [5.74, 6) is 0. The van der Waals surface area contributed by atoms with E-state index in [1.54, 1.807) is 30.2 Å². The summed E-state index contributed by atoms with van der Waals surface area (Å²) in [6.45, 7) is 0. The summed E-state index contributed by atoms with van der Waals surface area (Å²) in [5, 5.41) is 18.0. The zero-order valence-corrected chi connectivity index (χ0v) is 9.68. The number of nitro groups is 1. The van der Waals surface area contributed by atoms with Gasteiger partial charge < -0.3 is 5.32 Å². The molecule has 88 valence electrons. The SMILES string of the molecule is Cn1cc(Nc2c(Cl)cccc2[N+](=O)[O-])cn1. The Balaban J connectivity index is 2.40. The molecule has 0 unspecified atom stereocenters. The van der Waals surface area contributed by atoms with E-state index in [9.17, 15) is 10.1 Å². The first kappa shape index (κ1) is 11.4. The Morgan fingerprint density at radius 1 is 1.53 bits per heavy atom. The highest BCUT2D eigenvalue weighted by Crippen LogP contribution is 2.34. The minimum absolute atomic E-state index is 0.0682. The molecule has 2 aromatic rings. The summed E-state index contributed by atoms with van der Waals surface area (Å²) >= 11 is 5.94. The summed E-state index contributed by atoms with van der Waals surface area (Å²) in [7, 11) is 1.76. The number of aromatic nitrogens is 2. The second-order valence-corrected chi connectivity index (χ2v) is 3.83. The largest absolute Gasteiger partial charge is 0.346 e. The number of halogens is 1. The second kappa shape index (κ2) is 4.42. The molecule has 1 heterocycles. The van der Waals surface area contributed by atoms with Crippen LogP contribution in [-0.2, 0) is 7.05 Å². The van der Waals surface area contributed by atoms with E-state index < -0.39 is 4.92 Å². The Bertz CT molecular complexity index is 567. The molecule has 0 saturated carbocycles. The molecular formula is C10H9ClN4O2. The number of aryl methyl sites for hydroxylation is 1. The van der Waals surface area contributed by atoms with Gasteiger partial charge in [-0.15, -0.1) is 0 Å². The van der Waals surface area contributed by atoms with E-state index in [1.165, 1.54) is 12.1 Å². The van der Waals surface area contributed by atoms with Crippen molar-refractivity contribution in [2.24, 2.45) is 7.05 Å². The lowest BCUT2D eigenvalue weighted by Gasteiger charge is -2.06. The highest BCUT2D eigenvalue weighted by Gasteiger charge is 2.16. The molecule has 17 heavy (non-hydrogen) atoms. The average Bonchev–Trinajstić information content (AvgIpc) is 2.67. The molecule has 0 aliphatic carbocycles. The molecule has 2 rings (SSSR count). The van der Waals surface area contributed by atoms with Gasteiger partial charge in [0.25, 0.3) is 5.69 Å². The molecule has 0 saturated heterocycles. The highest BCUT2D eigenvalue weighted by atomic mass is 35.5. The van der Waals surface area contributed by atoms with Crippen molar-refractivity contribution < 1.29 is 4.92 Å². The number of anilines is 2. The smallest absolute Gasteiger partial charge is 0.294 e. The first-order valence-corrected chi connectivity index (χ1v) is 5.14. The molecule has 0 amide bonds. The van der Waals surface area contributed by atoms with E-state index in [2.05, 4.69) is 10.4 Å². The molecule has 0 aliphatic rings. The number of hydrogen-bond donors (Lipinski definition) is 1. The fourth-order valence-corrected chi connectivity index (χ4v) is 1.64. The molecule has 0 spiro atoms. The maximum atomic E-state index is 10.9. The van der Waals surface area contributed by atoms with E-state index in [4.69, 9.17) is 11.6 Å². The zero-order valence-electron chi connectivity index (χ0n) is 8.92. The number of benzene rings is 1. The Morgan fingerprint density at radius 2 is 2.29 bits per heavy atom. The van der Waals surface area contributed by atoms with E-state index >= 15 is 0 Å². The van der Waals surface area contributed by atoms with E-state index in [0.29, 0.717) is 10.7 Å². The van der Waals surface area contributed by atoms with Gasteiger partial charge in [-0.05, 0) is 6.07 Å². The van der Waals surface area contributed by atoms with Gasteiger partial charge in [-0.25, -0.2) is 0 Å². The molecule has 0 fully saturated rings. The van der Waals surface area contributed by atoms with Crippen molar-refractivity contribution in [1.29, 1.82) is 0 Å². The topological polar surface area (TPSA) is 73.0 Å². The molecule has 1 aromatic heterocycles. The molecular weight excluding hydrogens is 244 g/mol. The standard InChI is InChI=1S/C10H9ClN4O2/c1-14-6-7(5-12-14)13-10-8(11)3-2-4-9(10)15(16)17/h2-6,13H,1H3. The predicted molar refractivity (Wildman–Crippen MR) is 64.6 cm³/mol. The Kier molecular flexibility index (Phi) is 2.97. The third-order valence-electron chi connectivity index (χ3n) is 2.16. The van der Waals surface area contributed by atoms with Gasteiger partial charge in [-0.3, -0.25) is 14.8 Å². The lowest BCUT2D eigenvalue weighted by atomic mass is 10.2. The molecule has 6 nitrogen and oxygen atoms in total. The van der Waals surface area contributed by atoms with E-state index in [-0.39, 0.29) is 11.4 Å². The fourth-order valence-electron chi connectivity index (χ4n) is 1.42. The average molecular weight is 253 g/mol. The van der Waals surface area contributed by atoms with Crippen LogP contribution >= 0.6 is 11.6 Å². The summed E-state index contributed by atoms with van der Waals surface area (Å²) < 4.78 is 1.59. The summed E-state index contributed by atoms with van der Waals surface area (Å²) in [6.07, 6.45) is 3.26. The van der Waals surface area contributed by atoms with Gasteiger partial charge in [0.2, 0.25) is 0 Å². The first-order valence-electron chi connectivity index (χ1n) is 4.76. The molecule has 1 N–H and O–H groups in total. The van der Waals surface area contributed by atoms with Crippen LogP contribution in [0.4, 0.5) is 17.1 Å². The van der Waals surface area contributed by atoms with Crippen molar-refractivity contribution in [3.63, 3.8) is 0 Å². The third-order valence-corrected chi connectivity index (χ3v) is 2.48. The molecule has 0 radical (unpaired) electrons. The number of nitrogens with one attached hydrogen (secondary N) is 1. The van der Waals surface area contributed by atoms with Crippen molar-refractivity contribution in [3.05, 3.63) is 45.7 Å². The second-order valence-electron chi connectivity index (χ2n) is 3.42. The number of rotatable bonds is 3. The minimum Gasteiger partial charge on any atom is -0.346 e. The number of hydrogen-bond acceptors (Lipinski definition) is 4. The predicted octanol–water partition coefficient (Wildman–Crippen LogP) is 2.73. The first-order chi connectivity index (χ1) is 8.08. The molecule has 1 aromatic carbocycles. The summed E-state index contributed by atoms with van der Waals surface area (Å²) in [4.78, 5) is 10.4. The zero-order chi connectivity index (χ0) is 12.4. The Hall–Kier alpha value is -2.08. The monoisotopic (exact) mass is 252 g/mol. The summed E-state index contributed by atoms with van der Waals surface area (Å²) in [5.41, 5.74) is 0.845. The third kappa shape index (κ3) is 2.36.